The van der Waals surface area contributed by atoms with Crippen molar-refractivity contribution in [2.24, 2.45) is 0 Å². The minimum Gasteiger partial charge on any atom is -0.480 e. The fraction of sp³-hybridized carbons (Fsp3) is 0.923. The summed E-state index contributed by atoms with van der Waals surface area (Å²) in [4.78, 5) is 15.9. The number of carboxylic acid groups (broad SMARTS) is 1. The van der Waals surface area contributed by atoms with Crippen LogP contribution in [0.4, 0.5) is 0 Å². The average molecular weight is 255 g/mol. The normalized spacial score (nSPS) is 32.4. The third-order valence-corrected chi connectivity index (χ3v) is 4.19. The van der Waals surface area contributed by atoms with E-state index in [1.54, 1.807) is 0 Å². The molecule has 5 heteroatoms. The molecule has 18 heavy (non-hydrogen) atoms. The third kappa shape index (κ3) is 3.43. The van der Waals surface area contributed by atoms with Gasteiger partial charge in [-0.3, -0.25) is 14.6 Å². The molecule has 0 spiro atoms. The quantitative estimate of drug-likeness (QED) is 0.736. The Labute approximate surface area is 109 Å². The molecule has 2 rings (SSSR count). The Morgan fingerprint density at radius 2 is 1.89 bits per heavy atom. The molecule has 0 bridgehead atoms. The van der Waals surface area contributed by atoms with Gasteiger partial charge in [0.05, 0.1) is 0 Å². The van der Waals surface area contributed by atoms with Crippen LogP contribution in [0.1, 0.15) is 26.7 Å². The van der Waals surface area contributed by atoms with E-state index in [1.165, 1.54) is 0 Å². The van der Waals surface area contributed by atoms with Gasteiger partial charge in [0.25, 0.3) is 0 Å². The molecule has 2 fully saturated rings. The highest BCUT2D eigenvalue weighted by atomic mass is 16.4. The van der Waals surface area contributed by atoms with Crippen LogP contribution in [0, 0.1) is 0 Å². The summed E-state index contributed by atoms with van der Waals surface area (Å²) in [5, 5.41) is 12.5. The lowest BCUT2D eigenvalue weighted by Crippen LogP contribution is -2.58. The van der Waals surface area contributed by atoms with Crippen LogP contribution in [0.25, 0.3) is 0 Å². The van der Waals surface area contributed by atoms with Gasteiger partial charge in [0.2, 0.25) is 0 Å². The molecule has 3 unspecified atom stereocenters. The van der Waals surface area contributed by atoms with Gasteiger partial charge in [-0.2, -0.15) is 0 Å². The zero-order valence-corrected chi connectivity index (χ0v) is 11.6. The van der Waals surface area contributed by atoms with Crippen molar-refractivity contribution in [1.29, 1.82) is 0 Å². The van der Waals surface area contributed by atoms with E-state index < -0.39 is 12.0 Å². The van der Waals surface area contributed by atoms with E-state index in [1.807, 2.05) is 0 Å². The zero-order valence-electron chi connectivity index (χ0n) is 11.6. The van der Waals surface area contributed by atoms with Crippen LogP contribution in [-0.4, -0.2) is 71.7 Å². The fourth-order valence-corrected chi connectivity index (χ4v) is 2.66. The second kappa shape index (κ2) is 5.55. The Morgan fingerprint density at radius 3 is 2.33 bits per heavy atom. The van der Waals surface area contributed by atoms with E-state index in [0.29, 0.717) is 24.7 Å². The highest BCUT2D eigenvalue weighted by molar-refractivity contribution is 5.73. The van der Waals surface area contributed by atoms with Gasteiger partial charge in [-0.05, 0) is 33.7 Å². The molecule has 0 aromatic heterocycles. The molecule has 0 aromatic carbocycles. The van der Waals surface area contributed by atoms with Crippen LogP contribution in [0.5, 0.6) is 0 Å². The first-order valence-electron chi connectivity index (χ1n) is 6.90. The maximum atomic E-state index is 11.3. The summed E-state index contributed by atoms with van der Waals surface area (Å²) >= 11 is 0. The van der Waals surface area contributed by atoms with Crippen molar-refractivity contribution in [3.63, 3.8) is 0 Å². The Balaban J connectivity index is 1.88. The predicted octanol–water partition coefficient (Wildman–Crippen LogP) is 0.216. The lowest BCUT2D eigenvalue weighted by Gasteiger charge is -2.43. The molecule has 1 saturated carbocycles. The molecule has 0 amide bonds. The van der Waals surface area contributed by atoms with Crippen LogP contribution in [-0.2, 0) is 4.79 Å². The van der Waals surface area contributed by atoms with E-state index in [4.69, 9.17) is 0 Å². The van der Waals surface area contributed by atoms with Gasteiger partial charge >= 0.3 is 5.97 Å². The lowest BCUT2D eigenvalue weighted by molar-refractivity contribution is -0.140. The van der Waals surface area contributed by atoms with Crippen LogP contribution in [0.3, 0.4) is 0 Å². The number of hydrogen-bond acceptors (Lipinski definition) is 4. The van der Waals surface area contributed by atoms with Gasteiger partial charge < -0.3 is 10.4 Å². The zero-order chi connectivity index (χ0) is 13.3. The molecule has 1 aliphatic heterocycles. The number of piperazine rings is 1. The average Bonchev–Trinajstić information content (AvgIpc) is 3.08. The smallest absolute Gasteiger partial charge is 0.322 e. The Kier molecular flexibility index (Phi) is 4.25. The van der Waals surface area contributed by atoms with Crippen molar-refractivity contribution in [1.82, 2.24) is 15.1 Å². The van der Waals surface area contributed by atoms with Gasteiger partial charge in [-0.25, -0.2) is 0 Å². The molecular formula is C13H25N3O2. The number of likely N-dealkylation sites (N-methyl/N-ethyl adjacent to an activating group) is 1. The molecule has 5 nitrogen and oxygen atoms in total. The highest BCUT2D eigenvalue weighted by Gasteiger charge is 2.32. The summed E-state index contributed by atoms with van der Waals surface area (Å²) in [7, 11) is 2.14. The number of aliphatic carboxylic acids is 1. The number of rotatable bonds is 5. The molecule has 1 saturated heterocycles. The highest BCUT2D eigenvalue weighted by Crippen LogP contribution is 2.20. The number of nitrogens with one attached hydrogen (secondary N) is 1. The molecule has 3 atom stereocenters. The standard InChI is InChI=1S/C13H25N3O2/c1-9-6-16(7-10(2)15(9)3)8-12(13(17)18)14-11-4-5-11/h9-12,14H,4-8H2,1-3H3,(H,17,18). The molecule has 0 radical (unpaired) electrons. The van der Waals surface area contributed by atoms with Crippen molar-refractivity contribution < 1.29 is 9.90 Å². The first-order chi connectivity index (χ1) is 8.47. The number of nitrogens with zero attached hydrogens (tertiary/aromatic N) is 2. The lowest BCUT2D eigenvalue weighted by atomic mass is 10.1. The van der Waals surface area contributed by atoms with Crippen molar-refractivity contribution in [2.75, 3.05) is 26.7 Å². The Bertz CT molecular complexity index is 295. The fourth-order valence-electron chi connectivity index (χ4n) is 2.66. The van der Waals surface area contributed by atoms with Gasteiger partial charge in [-0.1, -0.05) is 0 Å². The molecular weight excluding hydrogens is 230 g/mol. The van der Waals surface area contributed by atoms with Crippen molar-refractivity contribution in [2.45, 2.75) is 50.9 Å². The summed E-state index contributed by atoms with van der Waals surface area (Å²) in [5.41, 5.74) is 0. The largest absolute Gasteiger partial charge is 0.480 e. The van der Waals surface area contributed by atoms with Crippen LogP contribution < -0.4 is 5.32 Å². The van der Waals surface area contributed by atoms with Crippen molar-refractivity contribution in [3.05, 3.63) is 0 Å². The molecule has 2 N–H and O–H groups in total. The minimum atomic E-state index is -0.721. The number of carboxylic acids is 1. The molecule has 0 aromatic rings. The van der Waals surface area contributed by atoms with Crippen molar-refractivity contribution in [3.8, 4) is 0 Å². The Hall–Kier alpha value is -0.650. The minimum absolute atomic E-state index is 0.416. The molecule has 1 heterocycles. The predicted molar refractivity (Wildman–Crippen MR) is 70.7 cm³/mol. The summed E-state index contributed by atoms with van der Waals surface area (Å²) in [5.74, 6) is -0.721. The van der Waals surface area contributed by atoms with E-state index in [2.05, 4.69) is 36.0 Å². The van der Waals surface area contributed by atoms with Gasteiger partial charge in [0.15, 0.2) is 0 Å². The SMILES string of the molecule is CC1CN(CC(NC2CC2)C(=O)O)CC(C)N1C. The maximum absolute atomic E-state index is 11.3. The summed E-state index contributed by atoms with van der Waals surface area (Å²) < 4.78 is 0. The number of hydrogen-bond donors (Lipinski definition) is 2. The van der Waals surface area contributed by atoms with Crippen LogP contribution in [0.2, 0.25) is 0 Å². The topological polar surface area (TPSA) is 55.8 Å². The second-order valence-corrected chi connectivity index (χ2v) is 5.91. The summed E-state index contributed by atoms with van der Waals surface area (Å²) in [6.07, 6.45) is 2.25. The molecule has 2 aliphatic rings. The summed E-state index contributed by atoms with van der Waals surface area (Å²) in [6.45, 7) is 6.93. The van der Waals surface area contributed by atoms with E-state index in [-0.39, 0.29) is 0 Å². The van der Waals surface area contributed by atoms with Gasteiger partial charge in [0.1, 0.15) is 6.04 Å². The maximum Gasteiger partial charge on any atom is 0.322 e. The van der Waals surface area contributed by atoms with Gasteiger partial charge in [-0.15, -0.1) is 0 Å². The monoisotopic (exact) mass is 255 g/mol. The van der Waals surface area contributed by atoms with E-state index in [0.717, 1.165) is 25.9 Å². The molecule has 1 aliphatic carbocycles. The Morgan fingerprint density at radius 1 is 1.33 bits per heavy atom. The number of carbonyl (C=O) groups is 1. The van der Waals surface area contributed by atoms with Crippen LogP contribution in [0.15, 0.2) is 0 Å². The van der Waals surface area contributed by atoms with E-state index in [9.17, 15) is 9.90 Å². The third-order valence-electron chi connectivity index (χ3n) is 4.19. The first-order valence-corrected chi connectivity index (χ1v) is 6.90. The van der Waals surface area contributed by atoms with Crippen LogP contribution >= 0.6 is 0 Å². The first kappa shape index (κ1) is 13.8. The van der Waals surface area contributed by atoms with E-state index >= 15 is 0 Å². The van der Waals surface area contributed by atoms with Gasteiger partial charge in [0, 0.05) is 37.8 Å². The van der Waals surface area contributed by atoms with Crippen molar-refractivity contribution >= 4 is 5.97 Å². The second-order valence-electron chi connectivity index (χ2n) is 5.91. The molecule has 104 valence electrons. The summed E-state index contributed by atoms with van der Waals surface area (Å²) in [6, 6.07) is 1.00.